The zero-order valence-electron chi connectivity index (χ0n) is 9.17. The van der Waals surface area contributed by atoms with Crippen molar-refractivity contribution in [3.05, 3.63) is 22.8 Å². The van der Waals surface area contributed by atoms with Crippen LogP contribution in [0, 0.1) is 13.8 Å². The Kier molecular flexibility index (Phi) is 2.15. The largest absolute Gasteiger partial charge is 0.504 e. The summed E-state index contributed by atoms with van der Waals surface area (Å²) in [6, 6.07) is 1.89. The van der Waals surface area contributed by atoms with Gasteiger partial charge in [-0.3, -0.25) is 0 Å². The van der Waals surface area contributed by atoms with E-state index in [1.54, 1.807) is 6.92 Å². The van der Waals surface area contributed by atoms with Gasteiger partial charge in [-0.05, 0) is 50.3 Å². The third-order valence-electron chi connectivity index (χ3n) is 3.57. The van der Waals surface area contributed by atoms with Crippen LogP contribution in [-0.4, -0.2) is 10.2 Å². The monoisotopic (exact) mass is 207 g/mol. The fourth-order valence-corrected chi connectivity index (χ4v) is 2.09. The first-order valence-electron chi connectivity index (χ1n) is 5.27. The molecule has 15 heavy (non-hydrogen) atoms. The highest BCUT2D eigenvalue weighted by atomic mass is 16.3. The molecule has 0 heterocycles. The van der Waals surface area contributed by atoms with Crippen LogP contribution in [0.5, 0.6) is 11.5 Å². The first-order chi connectivity index (χ1) is 6.96. The molecule has 0 aromatic heterocycles. The number of nitrogens with two attached hydrogens (primary N) is 1. The molecule has 0 aliphatic heterocycles. The van der Waals surface area contributed by atoms with Crippen LogP contribution in [0.4, 0.5) is 0 Å². The van der Waals surface area contributed by atoms with E-state index in [0.717, 1.165) is 30.4 Å². The summed E-state index contributed by atoms with van der Waals surface area (Å²) in [6.07, 6.45) is 2.84. The van der Waals surface area contributed by atoms with Gasteiger partial charge in [0.25, 0.3) is 0 Å². The van der Waals surface area contributed by atoms with E-state index in [2.05, 4.69) is 0 Å². The normalized spacial score (nSPS) is 18.6. The molecule has 3 nitrogen and oxygen atoms in total. The topological polar surface area (TPSA) is 66.5 Å². The molecule has 2 rings (SSSR count). The number of hydrogen-bond donors (Lipinski definition) is 3. The third-order valence-corrected chi connectivity index (χ3v) is 3.57. The number of phenols is 2. The Hall–Kier alpha value is -1.22. The van der Waals surface area contributed by atoms with E-state index in [9.17, 15) is 10.2 Å². The summed E-state index contributed by atoms with van der Waals surface area (Å²) >= 11 is 0. The number of benzene rings is 1. The first kappa shape index (κ1) is 10.3. The molecule has 0 atom stereocenters. The van der Waals surface area contributed by atoms with Crippen LogP contribution in [0.25, 0.3) is 0 Å². The van der Waals surface area contributed by atoms with Crippen LogP contribution < -0.4 is 5.73 Å². The molecule has 1 aliphatic carbocycles. The Bertz CT molecular complexity index is 409. The molecule has 0 unspecified atom stereocenters. The number of rotatable bonds is 1. The predicted molar refractivity (Wildman–Crippen MR) is 59.0 cm³/mol. The van der Waals surface area contributed by atoms with Gasteiger partial charge >= 0.3 is 0 Å². The number of aryl methyl sites for hydroxylation is 1. The summed E-state index contributed by atoms with van der Waals surface area (Å²) in [7, 11) is 0. The van der Waals surface area contributed by atoms with E-state index in [1.165, 1.54) is 0 Å². The molecule has 0 saturated heterocycles. The van der Waals surface area contributed by atoms with Crippen molar-refractivity contribution in [1.82, 2.24) is 0 Å². The van der Waals surface area contributed by atoms with Gasteiger partial charge in [0.2, 0.25) is 0 Å². The molecule has 82 valence electrons. The molecular weight excluding hydrogens is 190 g/mol. The van der Waals surface area contributed by atoms with Crippen molar-refractivity contribution >= 4 is 0 Å². The van der Waals surface area contributed by atoms with Gasteiger partial charge in [-0.2, -0.15) is 0 Å². The second kappa shape index (κ2) is 3.14. The zero-order chi connectivity index (χ0) is 11.2. The summed E-state index contributed by atoms with van der Waals surface area (Å²) in [6.45, 7) is 3.71. The predicted octanol–water partition coefficient (Wildman–Crippen LogP) is 2.05. The van der Waals surface area contributed by atoms with Crippen LogP contribution in [0.15, 0.2) is 6.07 Å². The second-order valence-corrected chi connectivity index (χ2v) is 4.57. The molecule has 0 spiro atoms. The highest BCUT2D eigenvalue weighted by Gasteiger charge is 2.37. The summed E-state index contributed by atoms with van der Waals surface area (Å²) in [5.74, 6) is -0.0676. The summed E-state index contributed by atoms with van der Waals surface area (Å²) in [4.78, 5) is 0. The van der Waals surface area contributed by atoms with Crippen LogP contribution in [0.2, 0.25) is 0 Å². The second-order valence-electron chi connectivity index (χ2n) is 4.57. The maximum absolute atomic E-state index is 9.87. The quantitative estimate of drug-likeness (QED) is 0.617. The minimum Gasteiger partial charge on any atom is -0.504 e. The van der Waals surface area contributed by atoms with E-state index in [1.807, 2.05) is 13.0 Å². The van der Waals surface area contributed by atoms with Crippen LogP contribution in [-0.2, 0) is 5.54 Å². The first-order valence-corrected chi connectivity index (χ1v) is 5.27. The van der Waals surface area contributed by atoms with Gasteiger partial charge in [0.15, 0.2) is 11.5 Å². The number of aromatic hydroxyl groups is 2. The molecular formula is C12H17NO2. The zero-order valence-corrected chi connectivity index (χ0v) is 9.17. The molecule has 0 radical (unpaired) electrons. The van der Waals surface area contributed by atoms with Crippen molar-refractivity contribution < 1.29 is 10.2 Å². The van der Waals surface area contributed by atoms with Gasteiger partial charge in [-0.25, -0.2) is 0 Å². The molecule has 1 aromatic rings. The Morgan fingerprint density at radius 3 is 2.27 bits per heavy atom. The van der Waals surface area contributed by atoms with Gasteiger partial charge in [0.1, 0.15) is 0 Å². The van der Waals surface area contributed by atoms with Gasteiger partial charge in [-0.1, -0.05) is 0 Å². The van der Waals surface area contributed by atoms with Crippen molar-refractivity contribution in [2.24, 2.45) is 5.73 Å². The Balaban J connectivity index is 2.58. The van der Waals surface area contributed by atoms with Gasteiger partial charge in [-0.15, -0.1) is 0 Å². The molecule has 1 fully saturated rings. The lowest BCUT2D eigenvalue weighted by Crippen LogP contribution is -2.43. The average molecular weight is 207 g/mol. The molecule has 0 bridgehead atoms. The number of phenolic OH excluding ortho intramolecular Hbond substituents is 2. The van der Waals surface area contributed by atoms with Gasteiger partial charge < -0.3 is 15.9 Å². The average Bonchev–Trinajstić information content (AvgIpc) is 2.17. The smallest absolute Gasteiger partial charge is 0.162 e. The Morgan fingerprint density at radius 2 is 1.80 bits per heavy atom. The Morgan fingerprint density at radius 1 is 1.20 bits per heavy atom. The van der Waals surface area contributed by atoms with Crippen LogP contribution >= 0.6 is 0 Å². The SMILES string of the molecule is Cc1cc(C2(N)CCC2)c(O)c(O)c1C. The number of hydrogen-bond acceptors (Lipinski definition) is 3. The van der Waals surface area contributed by atoms with Crippen molar-refractivity contribution in [3.8, 4) is 11.5 Å². The standard InChI is InChI=1S/C12H17NO2/c1-7-6-9(12(13)4-3-5-12)11(15)10(14)8(7)2/h6,14-15H,3-5,13H2,1-2H3. The third kappa shape index (κ3) is 1.38. The maximum Gasteiger partial charge on any atom is 0.162 e. The molecule has 1 saturated carbocycles. The van der Waals surface area contributed by atoms with Crippen molar-refractivity contribution in [2.75, 3.05) is 0 Å². The van der Waals surface area contributed by atoms with E-state index in [4.69, 9.17) is 5.73 Å². The van der Waals surface area contributed by atoms with E-state index in [-0.39, 0.29) is 11.5 Å². The van der Waals surface area contributed by atoms with Gasteiger partial charge in [0.05, 0.1) is 0 Å². The molecule has 1 aliphatic rings. The fourth-order valence-electron chi connectivity index (χ4n) is 2.09. The summed E-state index contributed by atoms with van der Waals surface area (Å²) < 4.78 is 0. The lowest BCUT2D eigenvalue weighted by molar-refractivity contribution is 0.242. The fraction of sp³-hybridized carbons (Fsp3) is 0.500. The Labute approximate surface area is 89.5 Å². The van der Waals surface area contributed by atoms with E-state index >= 15 is 0 Å². The lowest BCUT2D eigenvalue weighted by Gasteiger charge is -2.39. The highest BCUT2D eigenvalue weighted by molar-refractivity contribution is 5.55. The van der Waals surface area contributed by atoms with Crippen molar-refractivity contribution in [2.45, 2.75) is 38.6 Å². The van der Waals surface area contributed by atoms with Crippen molar-refractivity contribution in [1.29, 1.82) is 0 Å². The molecule has 0 amide bonds. The summed E-state index contributed by atoms with van der Waals surface area (Å²) in [5, 5.41) is 19.6. The lowest BCUT2D eigenvalue weighted by atomic mass is 9.72. The minimum absolute atomic E-state index is 0.0262. The minimum atomic E-state index is -0.431. The van der Waals surface area contributed by atoms with Gasteiger partial charge in [0, 0.05) is 11.1 Å². The molecule has 3 heteroatoms. The molecule has 4 N–H and O–H groups in total. The van der Waals surface area contributed by atoms with Crippen LogP contribution in [0.1, 0.15) is 36.0 Å². The summed E-state index contributed by atoms with van der Waals surface area (Å²) in [5.41, 5.74) is 8.09. The highest BCUT2D eigenvalue weighted by Crippen LogP contribution is 2.46. The van der Waals surface area contributed by atoms with Crippen molar-refractivity contribution in [3.63, 3.8) is 0 Å². The maximum atomic E-state index is 9.87. The van der Waals surface area contributed by atoms with E-state index in [0.29, 0.717) is 5.56 Å². The van der Waals surface area contributed by atoms with E-state index < -0.39 is 5.54 Å². The molecule has 1 aromatic carbocycles. The van der Waals surface area contributed by atoms with Crippen LogP contribution in [0.3, 0.4) is 0 Å².